The molecule has 0 spiro atoms. The Morgan fingerprint density at radius 2 is 2.13 bits per heavy atom. The molecule has 0 saturated heterocycles. The maximum absolute atomic E-state index is 11.6. The van der Waals surface area contributed by atoms with Crippen molar-refractivity contribution in [2.45, 2.75) is 33.2 Å². The summed E-state index contributed by atoms with van der Waals surface area (Å²) < 4.78 is 5.26. The first-order chi connectivity index (χ1) is 7.13. The van der Waals surface area contributed by atoms with Crippen molar-refractivity contribution in [3.05, 3.63) is 0 Å². The van der Waals surface area contributed by atoms with Gasteiger partial charge in [-0.25, -0.2) is 0 Å². The fraction of sp³-hybridized carbons (Fsp3) is 0.909. The van der Waals surface area contributed by atoms with Crippen molar-refractivity contribution < 1.29 is 9.53 Å². The third kappa shape index (κ3) is 6.47. The molecule has 90 valence electrons. The van der Waals surface area contributed by atoms with E-state index >= 15 is 0 Å². The summed E-state index contributed by atoms with van der Waals surface area (Å²) in [7, 11) is 1.82. The zero-order chi connectivity index (χ0) is 11.7. The lowest BCUT2D eigenvalue weighted by Gasteiger charge is -2.23. The number of rotatable bonds is 8. The molecule has 0 aromatic heterocycles. The van der Waals surface area contributed by atoms with Crippen molar-refractivity contribution in [2.24, 2.45) is 0 Å². The largest absolute Gasteiger partial charge is 0.370 e. The van der Waals surface area contributed by atoms with Gasteiger partial charge in [-0.2, -0.15) is 0 Å². The van der Waals surface area contributed by atoms with Gasteiger partial charge < -0.3 is 15.0 Å². The first-order valence-corrected chi connectivity index (χ1v) is 5.67. The van der Waals surface area contributed by atoms with Gasteiger partial charge in [-0.05, 0) is 19.9 Å². The van der Waals surface area contributed by atoms with Crippen molar-refractivity contribution in [1.29, 1.82) is 0 Å². The monoisotopic (exact) mass is 216 g/mol. The molecule has 0 aromatic carbocycles. The second kappa shape index (κ2) is 8.68. The van der Waals surface area contributed by atoms with Crippen LogP contribution in [-0.4, -0.2) is 50.2 Å². The van der Waals surface area contributed by atoms with E-state index in [0.29, 0.717) is 6.61 Å². The summed E-state index contributed by atoms with van der Waals surface area (Å²) in [4.78, 5) is 13.3. The minimum absolute atomic E-state index is 0.0563. The van der Waals surface area contributed by atoms with Gasteiger partial charge in [0.25, 0.3) is 0 Å². The first-order valence-electron chi connectivity index (χ1n) is 5.67. The van der Waals surface area contributed by atoms with Crippen LogP contribution in [0, 0.1) is 0 Å². The van der Waals surface area contributed by atoms with Crippen molar-refractivity contribution in [2.75, 3.05) is 33.4 Å². The minimum Gasteiger partial charge on any atom is -0.370 e. The highest BCUT2D eigenvalue weighted by molar-refractivity contribution is 5.77. The minimum atomic E-state index is 0.0563. The van der Waals surface area contributed by atoms with Crippen molar-refractivity contribution >= 4 is 5.91 Å². The van der Waals surface area contributed by atoms with Crippen LogP contribution in [-0.2, 0) is 9.53 Å². The van der Waals surface area contributed by atoms with Crippen LogP contribution >= 0.6 is 0 Å². The van der Waals surface area contributed by atoms with Gasteiger partial charge in [-0.1, -0.05) is 13.8 Å². The second-order valence-corrected chi connectivity index (χ2v) is 3.67. The number of ether oxygens (including phenoxy) is 1. The molecule has 1 unspecified atom stereocenters. The van der Waals surface area contributed by atoms with Crippen molar-refractivity contribution in [3.63, 3.8) is 0 Å². The van der Waals surface area contributed by atoms with Gasteiger partial charge in [0.2, 0.25) is 5.91 Å². The van der Waals surface area contributed by atoms with Gasteiger partial charge in [-0.15, -0.1) is 0 Å². The van der Waals surface area contributed by atoms with Gasteiger partial charge in [0, 0.05) is 19.6 Å². The van der Waals surface area contributed by atoms with Crippen molar-refractivity contribution in [1.82, 2.24) is 10.2 Å². The SMILES string of the molecule is CCNCCOCC(=O)N(C)C(C)CC. The topological polar surface area (TPSA) is 41.6 Å². The molecule has 0 saturated carbocycles. The average molecular weight is 216 g/mol. The van der Waals surface area contributed by atoms with Gasteiger partial charge in [-0.3, -0.25) is 4.79 Å². The number of hydrogen-bond donors (Lipinski definition) is 1. The van der Waals surface area contributed by atoms with E-state index in [9.17, 15) is 4.79 Å². The molecule has 4 nitrogen and oxygen atoms in total. The van der Waals surface area contributed by atoms with Gasteiger partial charge in [0.05, 0.1) is 6.61 Å². The number of carbonyl (C=O) groups is 1. The van der Waals surface area contributed by atoms with E-state index in [-0.39, 0.29) is 18.6 Å². The number of nitrogens with zero attached hydrogens (tertiary/aromatic N) is 1. The molecule has 1 amide bonds. The molecule has 0 rings (SSSR count). The van der Waals surface area contributed by atoms with Gasteiger partial charge in [0.1, 0.15) is 6.61 Å². The summed E-state index contributed by atoms with van der Waals surface area (Å²) in [5, 5.41) is 3.14. The number of carbonyl (C=O) groups excluding carboxylic acids is 1. The Bertz CT molecular complexity index is 174. The van der Waals surface area contributed by atoms with Crippen LogP contribution in [0.2, 0.25) is 0 Å². The van der Waals surface area contributed by atoms with E-state index in [2.05, 4.69) is 12.2 Å². The predicted octanol–water partition coefficient (Wildman–Crippen LogP) is 0.869. The van der Waals surface area contributed by atoms with E-state index in [1.165, 1.54) is 0 Å². The highest BCUT2D eigenvalue weighted by atomic mass is 16.5. The normalized spacial score (nSPS) is 12.5. The van der Waals surface area contributed by atoms with Crippen LogP contribution in [0.5, 0.6) is 0 Å². The van der Waals surface area contributed by atoms with Crippen LogP contribution in [0.25, 0.3) is 0 Å². The summed E-state index contributed by atoms with van der Waals surface area (Å²) in [5.41, 5.74) is 0. The number of amides is 1. The summed E-state index contributed by atoms with van der Waals surface area (Å²) in [5.74, 6) is 0.0563. The molecule has 0 heterocycles. The highest BCUT2D eigenvalue weighted by Crippen LogP contribution is 2.00. The van der Waals surface area contributed by atoms with E-state index < -0.39 is 0 Å². The average Bonchev–Trinajstić information content (AvgIpc) is 2.26. The number of likely N-dealkylation sites (N-methyl/N-ethyl adjacent to an activating group) is 2. The van der Waals surface area contributed by atoms with E-state index in [1.54, 1.807) is 4.90 Å². The molecule has 0 aliphatic heterocycles. The molecule has 0 aliphatic carbocycles. The van der Waals surface area contributed by atoms with Gasteiger partial charge >= 0.3 is 0 Å². The first kappa shape index (κ1) is 14.4. The molecular formula is C11H24N2O2. The predicted molar refractivity (Wildman–Crippen MR) is 61.9 cm³/mol. The smallest absolute Gasteiger partial charge is 0.248 e. The lowest BCUT2D eigenvalue weighted by atomic mass is 10.2. The van der Waals surface area contributed by atoms with Crippen LogP contribution in [0.15, 0.2) is 0 Å². The fourth-order valence-electron chi connectivity index (χ4n) is 1.10. The van der Waals surface area contributed by atoms with Crippen LogP contribution in [0.4, 0.5) is 0 Å². The molecule has 0 radical (unpaired) electrons. The van der Waals surface area contributed by atoms with Crippen molar-refractivity contribution in [3.8, 4) is 0 Å². The lowest BCUT2D eigenvalue weighted by molar-refractivity contribution is -0.136. The molecule has 15 heavy (non-hydrogen) atoms. The molecule has 0 aliphatic rings. The molecule has 1 atom stereocenters. The van der Waals surface area contributed by atoms with Crippen LogP contribution in [0.3, 0.4) is 0 Å². The molecule has 0 aromatic rings. The summed E-state index contributed by atoms with van der Waals surface area (Å²) in [6, 6.07) is 0.287. The van der Waals surface area contributed by atoms with Crippen LogP contribution < -0.4 is 5.32 Å². The molecule has 0 fully saturated rings. The zero-order valence-electron chi connectivity index (χ0n) is 10.4. The molecular weight excluding hydrogens is 192 g/mol. The van der Waals surface area contributed by atoms with Gasteiger partial charge in [0.15, 0.2) is 0 Å². The summed E-state index contributed by atoms with van der Waals surface area (Å²) in [6.07, 6.45) is 0.972. The Hall–Kier alpha value is -0.610. The number of hydrogen-bond acceptors (Lipinski definition) is 3. The Morgan fingerprint density at radius 1 is 1.47 bits per heavy atom. The van der Waals surface area contributed by atoms with E-state index in [0.717, 1.165) is 19.5 Å². The van der Waals surface area contributed by atoms with E-state index in [4.69, 9.17) is 4.74 Å². The maximum atomic E-state index is 11.6. The Kier molecular flexibility index (Phi) is 8.33. The molecule has 4 heteroatoms. The number of nitrogens with one attached hydrogen (secondary N) is 1. The highest BCUT2D eigenvalue weighted by Gasteiger charge is 2.13. The third-order valence-electron chi connectivity index (χ3n) is 2.54. The standard InChI is InChI=1S/C11H24N2O2/c1-5-10(3)13(4)11(14)9-15-8-7-12-6-2/h10,12H,5-9H2,1-4H3. The Morgan fingerprint density at radius 3 is 2.67 bits per heavy atom. The Labute approximate surface area is 93.0 Å². The zero-order valence-corrected chi connectivity index (χ0v) is 10.4. The summed E-state index contributed by atoms with van der Waals surface area (Å²) in [6.45, 7) is 8.67. The Balaban J connectivity index is 3.56. The van der Waals surface area contributed by atoms with E-state index in [1.807, 2.05) is 20.9 Å². The third-order valence-corrected chi connectivity index (χ3v) is 2.54. The molecule has 1 N–H and O–H groups in total. The second-order valence-electron chi connectivity index (χ2n) is 3.67. The maximum Gasteiger partial charge on any atom is 0.248 e. The fourth-order valence-corrected chi connectivity index (χ4v) is 1.10. The quantitative estimate of drug-likeness (QED) is 0.612. The molecule has 0 bridgehead atoms. The lowest BCUT2D eigenvalue weighted by Crippen LogP contribution is -2.37. The van der Waals surface area contributed by atoms with Crippen LogP contribution in [0.1, 0.15) is 27.2 Å². The summed E-state index contributed by atoms with van der Waals surface area (Å²) >= 11 is 0.